The van der Waals surface area contributed by atoms with E-state index >= 15 is 0 Å². The van der Waals surface area contributed by atoms with Crippen LogP contribution in [0.2, 0.25) is 5.02 Å². The Morgan fingerprint density at radius 2 is 2.06 bits per heavy atom. The van der Waals surface area contributed by atoms with Crippen molar-refractivity contribution in [2.45, 2.75) is 13.8 Å². The molecular weight excluding hydrogens is 248 g/mol. The number of para-hydroxylation sites is 1. The molecule has 0 radical (unpaired) electrons. The van der Waals surface area contributed by atoms with Gasteiger partial charge in [-0.1, -0.05) is 35.4 Å². The summed E-state index contributed by atoms with van der Waals surface area (Å²) < 4.78 is 0. The van der Waals surface area contributed by atoms with Gasteiger partial charge in [-0.15, -0.1) is 0 Å². The fourth-order valence-electron chi connectivity index (χ4n) is 1.40. The molecule has 1 aromatic carbocycles. The van der Waals surface area contributed by atoms with Crippen LogP contribution in [0.1, 0.15) is 13.8 Å². The second-order valence-electron chi connectivity index (χ2n) is 4.51. The van der Waals surface area contributed by atoms with Crippen molar-refractivity contribution in [2.24, 2.45) is 0 Å². The first-order valence-electron chi connectivity index (χ1n) is 5.85. The Balaban J connectivity index is 2.47. The van der Waals surface area contributed by atoms with Gasteiger partial charge in [0.25, 0.3) is 0 Å². The number of likely N-dealkylation sites (N-methyl/N-ethyl adjacent to an activating group) is 1. The number of amides is 1. The summed E-state index contributed by atoms with van der Waals surface area (Å²) in [5.74, 6) is -0.0623. The maximum atomic E-state index is 11.8. The summed E-state index contributed by atoms with van der Waals surface area (Å²) in [4.78, 5) is 13.7. The average molecular weight is 267 g/mol. The van der Waals surface area contributed by atoms with Crippen LogP contribution in [0.5, 0.6) is 0 Å². The highest BCUT2D eigenvalue weighted by molar-refractivity contribution is 6.33. The zero-order chi connectivity index (χ0) is 13.5. The number of nitrogens with one attached hydrogen (secondary N) is 1. The number of carbonyl (C=O) groups excluding carboxylic acids is 1. The third-order valence-corrected chi connectivity index (χ3v) is 2.70. The molecule has 0 atom stereocenters. The van der Waals surface area contributed by atoms with Gasteiger partial charge in [0.15, 0.2) is 0 Å². The molecule has 4 heteroatoms. The molecule has 0 heterocycles. The Labute approximate surface area is 113 Å². The smallest absolute Gasteiger partial charge is 0.238 e. The second-order valence-corrected chi connectivity index (χ2v) is 4.91. The number of nitrogens with zero attached hydrogens (tertiary/aromatic N) is 1. The lowest BCUT2D eigenvalue weighted by molar-refractivity contribution is -0.116. The molecule has 0 aliphatic carbocycles. The van der Waals surface area contributed by atoms with E-state index in [0.29, 0.717) is 17.3 Å². The maximum absolute atomic E-state index is 11.8. The Kier molecular flexibility index (Phi) is 5.89. The van der Waals surface area contributed by atoms with E-state index in [4.69, 9.17) is 11.6 Å². The van der Waals surface area contributed by atoms with E-state index in [0.717, 1.165) is 6.54 Å². The van der Waals surface area contributed by atoms with Crippen LogP contribution in [0.25, 0.3) is 0 Å². The van der Waals surface area contributed by atoms with E-state index in [1.165, 1.54) is 5.57 Å². The average Bonchev–Trinajstić information content (AvgIpc) is 2.29. The molecule has 0 aliphatic rings. The maximum Gasteiger partial charge on any atom is 0.238 e. The van der Waals surface area contributed by atoms with Gasteiger partial charge in [-0.05, 0) is 33.0 Å². The highest BCUT2D eigenvalue weighted by Crippen LogP contribution is 2.20. The van der Waals surface area contributed by atoms with Crippen LogP contribution in [-0.2, 0) is 4.79 Å². The standard InChI is InChI=1S/C14H19ClN2O/c1-11(2)8-9-17(3)10-14(18)16-13-7-5-4-6-12(13)15/h4-8H,9-10H2,1-3H3,(H,16,18). The molecule has 1 rings (SSSR count). The lowest BCUT2D eigenvalue weighted by atomic mass is 10.3. The van der Waals surface area contributed by atoms with E-state index < -0.39 is 0 Å². The molecule has 1 N–H and O–H groups in total. The summed E-state index contributed by atoms with van der Waals surface area (Å²) in [6.45, 7) is 5.18. The molecule has 0 fully saturated rings. The SMILES string of the molecule is CC(C)=CCN(C)CC(=O)Nc1ccccc1Cl. The molecule has 3 nitrogen and oxygen atoms in total. The monoisotopic (exact) mass is 266 g/mol. The number of halogens is 1. The number of hydrogen-bond acceptors (Lipinski definition) is 2. The Morgan fingerprint density at radius 3 is 2.67 bits per heavy atom. The number of hydrogen-bond donors (Lipinski definition) is 1. The molecule has 1 aromatic rings. The number of benzene rings is 1. The quantitative estimate of drug-likeness (QED) is 0.831. The number of carbonyl (C=O) groups is 1. The van der Waals surface area contributed by atoms with Crippen LogP contribution in [0, 0.1) is 0 Å². The second kappa shape index (κ2) is 7.19. The van der Waals surface area contributed by atoms with E-state index in [1.807, 2.05) is 37.9 Å². The fraction of sp³-hybridized carbons (Fsp3) is 0.357. The molecule has 0 spiro atoms. The molecule has 0 aliphatic heterocycles. The molecule has 0 bridgehead atoms. The van der Waals surface area contributed by atoms with Gasteiger partial charge in [0.1, 0.15) is 0 Å². The van der Waals surface area contributed by atoms with Gasteiger partial charge in [0, 0.05) is 6.54 Å². The van der Waals surface area contributed by atoms with E-state index in [9.17, 15) is 4.79 Å². The Hall–Kier alpha value is -1.32. The third-order valence-electron chi connectivity index (χ3n) is 2.37. The van der Waals surface area contributed by atoms with Crippen LogP contribution < -0.4 is 5.32 Å². The topological polar surface area (TPSA) is 32.3 Å². The van der Waals surface area contributed by atoms with Crippen molar-refractivity contribution in [3.8, 4) is 0 Å². The first kappa shape index (κ1) is 14.7. The molecule has 0 aromatic heterocycles. The molecule has 98 valence electrons. The van der Waals surface area contributed by atoms with Gasteiger partial charge in [-0.3, -0.25) is 9.69 Å². The molecule has 1 amide bonds. The van der Waals surface area contributed by atoms with Gasteiger partial charge in [0.05, 0.1) is 17.3 Å². The third kappa shape index (κ3) is 5.34. The zero-order valence-corrected chi connectivity index (χ0v) is 11.8. The van der Waals surface area contributed by atoms with Crippen molar-refractivity contribution in [2.75, 3.05) is 25.5 Å². The van der Waals surface area contributed by atoms with Crippen LogP contribution in [-0.4, -0.2) is 30.9 Å². The van der Waals surface area contributed by atoms with E-state index in [-0.39, 0.29) is 5.91 Å². The van der Waals surface area contributed by atoms with Crippen molar-refractivity contribution in [1.82, 2.24) is 4.90 Å². The van der Waals surface area contributed by atoms with Gasteiger partial charge >= 0.3 is 0 Å². The van der Waals surface area contributed by atoms with Gasteiger partial charge < -0.3 is 5.32 Å². The molecule has 0 saturated heterocycles. The first-order valence-corrected chi connectivity index (χ1v) is 6.23. The van der Waals surface area contributed by atoms with Gasteiger partial charge in [0.2, 0.25) is 5.91 Å². The summed E-state index contributed by atoms with van der Waals surface area (Å²) in [5.41, 5.74) is 1.90. The summed E-state index contributed by atoms with van der Waals surface area (Å²) in [5, 5.41) is 3.35. The zero-order valence-electron chi connectivity index (χ0n) is 11.0. The minimum Gasteiger partial charge on any atom is -0.324 e. The van der Waals surface area contributed by atoms with Crippen molar-refractivity contribution < 1.29 is 4.79 Å². The summed E-state index contributed by atoms with van der Waals surface area (Å²) in [6, 6.07) is 7.22. The summed E-state index contributed by atoms with van der Waals surface area (Å²) >= 11 is 5.97. The first-order chi connectivity index (χ1) is 8.49. The molecular formula is C14H19ClN2O. The predicted octanol–water partition coefficient (Wildman–Crippen LogP) is 3.18. The lowest BCUT2D eigenvalue weighted by Crippen LogP contribution is -2.30. The molecule has 0 saturated carbocycles. The minimum absolute atomic E-state index is 0.0623. The van der Waals surface area contributed by atoms with Crippen molar-refractivity contribution in [1.29, 1.82) is 0 Å². The van der Waals surface area contributed by atoms with Gasteiger partial charge in [-0.2, -0.15) is 0 Å². The van der Waals surface area contributed by atoms with Crippen molar-refractivity contribution >= 4 is 23.2 Å². The van der Waals surface area contributed by atoms with Crippen LogP contribution in [0.4, 0.5) is 5.69 Å². The lowest BCUT2D eigenvalue weighted by Gasteiger charge is -2.14. The van der Waals surface area contributed by atoms with E-state index in [1.54, 1.807) is 12.1 Å². The minimum atomic E-state index is -0.0623. The highest BCUT2D eigenvalue weighted by atomic mass is 35.5. The number of rotatable bonds is 5. The van der Waals surface area contributed by atoms with Crippen LogP contribution in [0.15, 0.2) is 35.9 Å². The largest absolute Gasteiger partial charge is 0.324 e. The van der Waals surface area contributed by atoms with Crippen LogP contribution in [0.3, 0.4) is 0 Å². The predicted molar refractivity (Wildman–Crippen MR) is 77.0 cm³/mol. The molecule has 0 unspecified atom stereocenters. The van der Waals surface area contributed by atoms with Crippen molar-refractivity contribution in [3.63, 3.8) is 0 Å². The van der Waals surface area contributed by atoms with Crippen molar-refractivity contribution in [3.05, 3.63) is 40.9 Å². The van der Waals surface area contributed by atoms with Crippen LogP contribution >= 0.6 is 11.6 Å². The van der Waals surface area contributed by atoms with E-state index in [2.05, 4.69) is 11.4 Å². The molecule has 18 heavy (non-hydrogen) atoms. The summed E-state index contributed by atoms with van der Waals surface area (Å²) in [6.07, 6.45) is 2.09. The Morgan fingerprint density at radius 1 is 1.39 bits per heavy atom. The number of anilines is 1. The summed E-state index contributed by atoms with van der Waals surface area (Å²) in [7, 11) is 1.91. The van der Waals surface area contributed by atoms with Gasteiger partial charge in [-0.25, -0.2) is 0 Å². The number of allylic oxidation sites excluding steroid dienone is 1. The Bertz CT molecular complexity index is 439. The highest BCUT2D eigenvalue weighted by Gasteiger charge is 2.07. The fourth-order valence-corrected chi connectivity index (χ4v) is 1.58. The normalized spacial score (nSPS) is 10.3.